The summed E-state index contributed by atoms with van der Waals surface area (Å²) >= 11 is 0. The predicted octanol–water partition coefficient (Wildman–Crippen LogP) is 4.87. The van der Waals surface area contributed by atoms with E-state index >= 15 is 0 Å². The molecule has 0 bridgehead atoms. The molecule has 0 spiro atoms. The van der Waals surface area contributed by atoms with Crippen molar-refractivity contribution < 1.29 is 34.9 Å². The SMILES string of the molecule is CS(=O)(=O)c1ccc(O)c(N=Nc2c(N)c(N=Nc3ccccc3S(=O)(=O)c3ccccc3)cc(S(=O)(=O)O)c2N)c1. The van der Waals surface area contributed by atoms with Crippen LogP contribution < -0.4 is 11.5 Å². The molecule has 0 saturated carbocycles. The highest BCUT2D eigenvalue weighted by Gasteiger charge is 2.24. The van der Waals surface area contributed by atoms with Gasteiger partial charge in [-0.3, -0.25) is 4.55 Å². The summed E-state index contributed by atoms with van der Waals surface area (Å²) in [7, 11) is -12.7. The van der Waals surface area contributed by atoms with Gasteiger partial charge in [-0.1, -0.05) is 30.3 Å². The normalized spacial score (nSPS) is 12.7. The van der Waals surface area contributed by atoms with E-state index in [1.165, 1.54) is 36.4 Å². The Labute approximate surface area is 240 Å². The van der Waals surface area contributed by atoms with Crippen LogP contribution in [0.15, 0.2) is 119 Å². The lowest BCUT2D eigenvalue weighted by molar-refractivity contribution is 0.475. The number of phenolic OH excluding ortho intramolecular Hbond substituents is 1. The van der Waals surface area contributed by atoms with E-state index in [0.717, 1.165) is 30.5 Å². The van der Waals surface area contributed by atoms with E-state index in [4.69, 9.17) is 11.5 Å². The van der Waals surface area contributed by atoms with E-state index in [2.05, 4.69) is 20.5 Å². The van der Waals surface area contributed by atoms with Crippen molar-refractivity contribution in [2.24, 2.45) is 20.5 Å². The summed E-state index contributed by atoms with van der Waals surface area (Å²) in [6, 6.07) is 17.2. The van der Waals surface area contributed by atoms with E-state index in [1.54, 1.807) is 18.2 Å². The van der Waals surface area contributed by atoms with E-state index in [1.807, 2.05) is 0 Å². The maximum atomic E-state index is 13.2. The number of nitrogens with zero attached hydrogens (tertiary/aromatic N) is 4. The van der Waals surface area contributed by atoms with Crippen LogP contribution in [-0.2, 0) is 29.8 Å². The lowest BCUT2D eigenvalue weighted by Crippen LogP contribution is -2.05. The number of hydrogen-bond acceptors (Lipinski definition) is 13. The second-order valence-corrected chi connectivity index (χ2v) is 14.0. The predicted molar refractivity (Wildman–Crippen MR) is 153 cm³/mol. The Morgan fingerprint density at radius 1 is 0.619 bits per heavy atom. The van der Waals surface area contributed by atoms with Crippen LogP contribution in [0.1, 0.15) is 0 Å². The molecular formula is C25H22N6O8S3. The first-order valence-corrected chi connectivity index (χ1v) is 16.4. The maximum absolute atomic E-state index is 13.2. The third-order valence-electron chi connectivity index (χ3n) is 5.70. The van der Waals surface area contributed by atoms with Gasteiger partial charge in [0.25, 0.3) is 10.1 Å². The maximum Gasteiger partial charge on any atom is 0.296 e. The number of nitrogen functional groups attached to an aromatic ring is 2. The minimum atomic E-state index is -4.97. The van der Waals surface area contributed by atoms with Crippen molar-refractivity contribution in [3.05, 3.63) is 78.9 Å². The van der Waals surface area contributed by atoms with Crippen LogP contribution in [0.25, 0.3) is 0 Å². The van der Waals surface area contributed by atoms with Gasteiger partial charge in [0, 0.05) is 6.26 Å². The van der Waals surface area contributed by atoms with Gasteiger partial charge in [-0.15, -0.1) is 20.5 Å². The monoisotopic (exact) mass is 630 g/mol. The number of sulfone groups is 2. The lowest BCUT2D eigenvalue weighted by atomic mass is 10.2. The Balaban J connectivity index is 1.85. The molecule has 14 nitrogen and oxygen atoms in total. The number of azo groups is 2. The zero-order chi connectivity index (χ0) is 30.9. The fraction of sp³-hybridized carbons (Fsp3) is 0.0400. The average Bonchev–Trinajstić information content (AvgIpc) is 2.92. The molecule has 0 aliphatic heterocycles. The highest BCUT2D eigenvalue weighted by atomic mass is 32.2. The molecule has 6 N–H and O–H groups in total. The molecule has 0 radical (unpaired) electrons. The van der Waals surface area contributed by atoms with Crippen molar-refractivity contribution in [3.63, 3.8) is 0 Å². The Kier molecular flexibility index (Phi) is 8.13. The smallest absolute Gasteiger partial charge is 0.296 e. The number of phenols is 1. The molecule has 0 unspecified atom stereocenters. The molecule has 0 aliphatic rings. The Bertz CT molecular complexity index is 2080. The van der Waals surface area contributed by atoms with E-state index in [9.17, 15) is 34.9 Å². The molecule has 4 aromatic carbocycles. The van der Waals surface area contributed by atoms with E-state index < -0.39 is 51.8 Å². The van der Waals surface area contributed by atoms with Crippen LogP contribution >= 0.6 is 0 Å². The number of anilines is 2. The number of nitrogens with two attached hydrogens (primary N) is 2. The van der Waals surface area contributed by atoms with Gasteiger partial charge >= 0.3 is 0 Å². The lowest BCUT2D eigenvalue weighted by Gasteiger charge is -2.11. The molecule has 4 rings (SSSR count). The van der Waals surface area contributed by atoms with Gasteiger partial charge in [-0.25, -0.2) is 16.8 Å². The number of benzene rings is 4. The van der Waals surface area contributed by atoms with Crippen LogP contribution in [0.4, 0.5) is 34.1 Å². The number of rotatable bonds is 8. The number of hydrogen-bond donors (Lipinski definition) is 4. The summed E-state index contributed by atoms with van der Waals surface area (Å²) in [4.78, 5) is -1.26. The summed E-state index contributed by atoms with van der Waals surface area (Å²) in [5.74, 6) is -0.467. The molecular weight excluding hydrogens is 609 g/mol. The van der Waals surface area contributed by atoms with Gasteiger partial charge < -0.3 is 16.6 Å². The van der Waals surface area contributed by atoms with Crippen molar-refractivity contribution in [3.8, 4) is 5.75 Å². The van der Waals surface area contributed by atoms with Crippen molar-refractivity contribution in [1.82, 2.24) is 0 Å². The fourth-order valence-corrected chi connectivity index (χ4v) is 6.27. The van der Waals surface area contributed by atoms with Gasteiger partial charge in [0.2, 0.25) is 9.84 Å². The molecule has 4 aromatic rings. The summed E-state index contributed by atoms with van der Waals surface area (Å²) in [6.45, 7) is 0. The van der Waals surface area contributed by atoms with Crippen molar-refractivity contribution in [1.29, 1.82) is 0 Å². The molecule has 0 heterocycles. The summed E-state index contributed by atoms with van der Waals surface area (Å²) < 4.78 is 84.1. The fourth-order valence-electron chi connectivity index (χ4n) is 3.59. The minimum Gasteiger partial charge on any atom is -0.506 e. The Hall–Kier alpha value is -4.71. The van der Waals surface area contributed by atoms with Gasteiger partial charge in [-0.05, 0) is 48.5 Å². The van der Waals surface area contributed by atoms with Crippen LogP contribution in [0.3, 0.4) is 0 Å². The quantitative estimate of drug-likeness (QED) is 0.117. The van der Waals surface area contributed by atoms with E-state index in [-0.39, 0.29) is 37.4 Å². The molecule has 0 atom stereocenters. The van der Waals surface area contributed by atoms with Crippen LogP contribution in [0.2, 0.25) is 0 Å². The molecule has 42 heavy (non-hydrogen) atoms. The van der Waals surface area contributed by atoms with Gasteiger partial charge in [-0.2, -0.15) is 8.42 Å². The zero-order valence-electron chi connectivity index (χ0n) is 21.5. The van der Waals surface area contributed by atoms with Crippen LogP contribution in [0, 0.1) is 0 Å². The number of aromatic hydroxyl groups is 1. The summed E-state index contributed by atoms with van der Waals surface area (Å²) in [6.07, 6.45) is 0.937. The first-order valence-electron chi connectivity index (χ1n) is 11.6. The van der Waals surface area contributed by atoms with Gasteiger partial charge in [0.1, 0.15) is 33.4 Å². The molecule has 0 fully saturated rings. The standard InChI is InChI=1S/C25H22N6O8S3/c1-40(33,34)16-11-12-20(32)18(13-16)29-31-25-23(26)19(14-22(24(25)27)42(37,38)39)30-28-17-9-5-6-10-21(17)41(35,36)15-7-3-2-4-8-15/h2-14,32H,26-27H2,1H3,(H,37,38,39). The Morgan fingerprint density at radius 3 is 1.86 bits per heavy atom. The molecule has 0 aromatic heterocycles. The first-order chi connectivity index (χ1) is 19.6. The van der Waals surface area contributed by atoms with Crippen molar-refractivity contribution in [2.75, 3.05) is 17.7 Å². The molecule has 0 aliphatic carbocycles. The highest BCUT2D eigenvalue weighted by Crippen LogP contribution is 2.44. The van der Waals surface area contributed by atoms with Crippen LogP contribution in [-0.4, -0.2) is 41.2 Å². The zero-order valence-corrected chi connectivity index (χ0v) is 24.0. The topological polar surface area (TPSA) is 244 Å². The minimum absolute atomic E-state index is 0.000739. The Morgan fingerprint density at radius 2 is 1.21 bits per heavy atom. The third kappa shape index (κ3) is 6.28. The molecule has 0 amide bonds. The highest BCUT2D eigenvalue weighted by molar-refractivity contribution is 7.91. The molecule has 17 heteroatoms. The van der Waals surface area contributed by atoms with Gasteiger partial charge in [0.05, 0.1) is 26.1 Å². The van der Waals surface area contributed by atoms with Gasteiger partial charge in [0.15, 0.2) is 9.84 Å². The first kappa shape index (κ1) is 30.3. The average molecular weight is 631 g/mol. The summed E-state index contributed by atoms with van der Waals surface area (Å²) in [5, 5.41) is 25.5. The van der Waals surface area contributed by atoms with Crippen LogP contribution in [0.5, 0.6) is 5.75 Å². The second kappa shape index (κ2) is 11.3. The molecule has 218 valence electrons. The largest absolute Gasteiger partial charge is 0.506 e. The second-order valence-electron chi connectivity index (χ2n) is 8.65. The third-order valence-corrected chi connectivity index (χ3v) is 9.52. The van der Waals surface area contributed by atoms with E-state index in [0.29, 0.717) is 0 Å². The summed E-state index contributed by atoms with van der Waals surface area (Å²) in [5.41, 5.74) is 9.71. The molecule has 0 saturated heterocycles. The van der Waals surface area contributed by atoms with Crippen molar-refractivity contribution in [2.45, 2.75) is 19.6 Å². The van der Waals surface area contributed by atoms with Crippen molar-refractivity contribution >= 4 is 63.9 Å².